The minimum Gasteiger partial charge on any atom is -0.369 e. The van der Waals surface area contributed by atoms with Crippen molar-refractivity contribution in [3.63, 3.8) is 0 Å². The monoisotopic (exact) mass is 271 g/mol. The number of hydrogen-bond donors (Lipinski definition) is 2. The summed E-state index contributed by atoms with van der Waals surface area (Å²) in [6.07, 6.45) is 3.39. The fraction of sp³-hybridized carbons (Fsp3) is 0.286. The molecule has 2 N–H and O–H groups in total. The summed E-state index contributed by atoms with van der Waals surface area (Å²) in [6.45, 7) is 4.64. The van der Waals surface area contributed by atoms with Gasteiger partial charge in [-0.05, 0) is 43.7 Å². The number of nitrogens with one attached hydrogen (secondary N) is 2. The highest BCUT2D eigenvalue weighted by atomic mass is 16.2. The van der Waals surface area contributed by atoms with Gasteiger partial charge in [0.1, 0.15) is 5.82 Å². The summed E-state index contributed by atoms with van der Waals surface area (Å²) < 4.78 is 0. The van der Waals surface area contributed by atoms with Gasteiger partial charge in [-0.25, -0.2) is 0 Å². The molecule has 1 unspecified atom stereocenters. The third-order valence-corrected chi connectivity index (χ3v) is 2.81. The first-order valence-electron chi connectivity index (χ1n) is 6.49. The fourth-order valence-electron chi connectivity index (χ4n) is 1.73. The van der Waals surface area contributed by atoms with Crippen LogP contribution in [0.5, 0.6) is 0 Å². The molecule has 1 amide bonds. The van der Waals surface area contributed by atoms with Gasteiger partial charge >= 0.3 is 0 Å². The molecule has 6 nitrogen and oxygen atoms in total. The van der Waals surface area contributed by atoms with E-state index in [1.54, 1.807) is 24.5 Å². The van der Waals surface area contributed by atoms with Gasteiger partial charge in [0, 0.05) is 18.9 Å². The van der Waals surface area contributed by atoms with Gasteiger partial charge < -0.3 is 10.6 Å². The molecule has 1 atom stereocenters. The summed E-state index contributed by atoms with van der Waals surface area (Å²) in [5.74, 6) is 0.413. The van der Waals surface area contributed by atoms with E-state index in [0.717, 1.165) is 12.1 Å². The first-order valence-corrected chi connectivity index (χ1v) is 6.49. The largest absolute Gasteiger partial charge is 0.369 e. The van der Waals surface area contributed by atoms with Crippen LogP contribution >= 0.6 is 0 Å². The number of hydrogen-bond acceptors (Lipinski definition) is 5. The van der Waals surface area contributed by atoms with Crippen molar-refractivity contribution in [1.82, 2.24) is 20.5 Å². The van der Waals surface area contributed by atoms with Crippen molar-refractivity contribution in [3.05, 3.63) is 47.9 Å². The standard InChI is InChI=1S/C14H17N5O/c1-3-16-13-5-4-12(18-19-13)14(20)17-10(2)11-6-8-15-9-7-11/h4-10H,3H2,1-2H3,(H,16,19)(H,17,20). The van der Waals surface area contributed by atoms with Gasteiger partial charge in [-0.3, -0.25) is 9.78 Å². The van der Waals surface area contributed by atoms with Gasteiger partial charge in [0.25, 0.3) is 5.91 Å². The van der Waals surface area contributed by atoms with E-state index < -0.39 is 0 Å². The number of aromatic nitrogens is 3. The number of pyridine rings is 1. The molecule has 0 fully saturated rings. The van der Waals surface area contributed by atoms with E-state index >= 15 is 0 Å². The third kappa shape index (κ3) is 3.50. The van der Waals surface area contributed by atoms with Crippen molar-refractivity contribution in [3.8, 4) is 0 Å². The first kappa shape index (κ1) is 13.9. The van der Waals surface area contributed by atoms with Crippen molar-refractivity contribution < 1.29 is 4.79 Å². The molecule has 0 aliphatic rings. The molecule has 2 heterocycles. The lowest BCUT2D eigenvalue weighted by molar-refractivity contribution is 0.0934. The zero-order valence-corrected chi connectivity index (χ0v) is 11.5. The normalized spacial score (nSPS) is 11.7. The molecule has 0 saturated carbocycles. The smallest absolute Gasteiger partial charge is 0.272 e. The lowest BCUT2D eigenvalue weighted by Gasteiger charge is -2.13. The summed E-state index contributed by atoms with van der Waals surface area (Å²) in [5, 5.41) is 13.7. The highest BCUT2D eigenvalue weighted by Crippen LogP contribution is 2.11. The Hall–Kier alpha value is -2.50. The van der Waals surface area contributed by atoms with Gasteiger partial charge in [-0.1, -0.05) is 0 Å². The molecule has 6 heteroatoms. The Balaban J connectivity index is 2.01. The second-order valence-corrected chi connectivity index (χ2v) is 4.31. The summed E-state index contributed by atoms with van der Waals surface area (Å²) >= 11 is 0. The minimum absolute atomic E-state index is 0.110. The molecular weight excluding hydrogens is 254 g/mol. The maximum atomic E-state index is 12.0. The highest BCUT2D eigenvalue weighted by molar-refractivity contribution is 5.92. The topological polar surface area (TPSA) is 79.8 Å². The van der Waals surface area contributed by atoms with Crippen molar-refractivity contribution in [2.24, 2.45) is 0 Å². The minimum atomic E-state index is -0.245. The highest BCUT2D eigenvalue weighted by Gasteiger charge is 2.12. The predicted molar refractivity (Wildman–Crippen MR) is 76.3 cm³/mol. The number of carbonyl (C=O) groups excluding carboxylic acids is 1. The Kier molecular flexibility index (Phi) is 4.60. The van der Waals surface area contributed by atoms with Crippen molar-refractivity contribution in [2.75, 3.05) is 11.9 Å². The quantitative estimate of drug-likeness (QED) is 0.866. The molecule has 0 aromatic carbocycles. The number of carbonyl (C=O) groups is 1. The SMILES string of the molecule is CCNc1ccc(C(=O)NC(C)c2ccncc2)nn1. The molecule has 2 aromatic heterocycles. The summed E-state index contributed by atoms with van der Waals surface area (Å²) in [4.78, 5) is 16.0. The average molecular weight is 271 g/mol. The van der Waals surface area contributed by atoms with Crippen LogP contribution in [0.25, 0.3) is 0 Å². The molecule has 0 aliphatic heterocycles. The Morgan fingerprint density at radius 1 is 1.20 bits per heavy atom. The number of amides is 1. The molecule has 0 spiro atoms. The average Bonchev–Trinajstić information content (AvgIpc) is 2.49. The van der Waals surface area contributed by atoms with Crippen molar-refractivity contribution >= 4 is 11.7 Å². The van der Waals surface area contributed by atoms with Crippen LogP contribution in [0.4, 0.5) is 5.82 Å². The zero-order chi connectivity index (χ0) is 14.4. The van der Waals surface area contributed by atoms with Gasteiger partial charge in [0.2, 0.25) is 0 Å². The maximum absolute atomic E-state index is 12.0. The molecule has 2 aromatic rings. The van der Waals surface area contributed by atoms with Crippen LogP contribution in [0.2, 0.25) is 0 Å². The van der Waals surface area contributed by atoms with E-state index in [1.807, 2.05) is 26.0 Å². The number of nitrogens with zero attached hydrogens (tertiary/aromatic N) is 3. The number of rotatable bonds is 5. The van der Waals surface area contributed by atoms with E-state index in [0.29, 0.717) is 11.5 Å². The summed E-state index contributed by atoms with van der Waals surface area (Å²) in [5.41, 5.74) is 1.29. The van der Waals surface area contributed by atoms with E-state index in [9.17, 15) is 4.79 Å². The van der Waals surface area contributed by atoms with Crippen LogP contribution in [0, 0.1) is 0 Å². The second kappa shape index (κ2) is 6.60. The van der Waals surface area contributed by atoms with E-state index in [2.05, 4.69) is 25.8 Å². The Morgan fingerprint density at radius 2 is 1.95 bits per heavy atom. The lowest BCUT2D eigenvalue weighted by atomic mass is 10.1. The van der Waals surface area contributed by atoms with Crippen LogP contribution in [-0.2, 0) is 0 Å². The van der Waals surface area contributed by atoms with Gasteiger partial charge in [0.15, 0.2) is 5.69 Å². The first-order chi connectivity index (χ1) is 9.70. The number of anilines is 1. The predicted octanol–water partition coefficient (Wildman–Crippen LogP) is 1.79. The van der Waals surface area contributed by atoms with Crippen LogP contribution in [0.3, 0.4) is 0 Å². The zero-order valence-electron chi connectivity index (χ0n) is 11.5. The molecule has 0 aliphatic carbocycles. The lowest BCUT2D eigenvalue weighted by Crippen LogP contribution is -2.27. The van der Waals surface area contributed by atoms with Crippen molar-refractivity contribution in [1.29, 1.82) is 0 Å². The van der Waals surface area contributed by atoms with Crippen molar-refractivity contribution in [2.45, 2.75) is 19.9 Å². The van der Waals surface area contributed by atoms with Crippen LogP contribution in [0.15, 0.2) is 36.7 Å². The fourth-order valence-corrected chi connectivity index (χ4v) is 1.73. The summed E-state index contributed by atoms with van der Waals surface area (Å²) in [7, 11) is 0. The molecule has 2 rings (SSSR count). The van der Waals surface area contributed by atoms with E-state index in [1.165, 1.54) is 0 Å². The molecule has 0 radical (unpaired) electrons. The van der Waals surface area contributed by atoms with Gasteiger partial charge in [-0.15, -0.1) is 10.2 Å². The van der Waals surface area contributed by atoms with Crippen LogP contribution in [0.1, 0.15) is 35.9 Å². The molecule has 104 valence electrons. The van der Waals surface area contributed by atoms with E-state index in [-0.39, 0.29) is 11.9 Å². The van der Waals surface area contributed by atoms with E-state index in [4.69, 9.17) is 0 Å². The molecule has 0 bridgehead atoms. The summed E-state index contributed by atoms with van der Waals surface area (Å²) in [6, 6.07) is 7.01. The second-order valence-electron chi connectivity index (χ2n) is 4.31. The Morgan fingerprint density at radius 3 is 2.55 bits per heavy atom. The molecule has 0 saturated heterocycles. The van der Waals surface area contributed by atoms with Crippen LogP contribution in [-0.4, -0.2) is 27.6 Å². The van der Waals surface area contributed by atoms with Gasteiger partial charge in [-0.2, -0.15) is 0 Å². The van der Waals surface area contributed by atoms with Gasteiger partial charge in [0.05, 0.1) is 6.04 Å². The Bertz CT molecular complexity index is 556. The molecule has 20 heavy (non-hydrogen) atoms. The third-order valence-electron chi connectivity index (χ3n) is 2.81. The Labute approximate surface area is 117 Å². The maximum Gasteiger partial charge on any atom is 0.272 e. The van der Waals surface area contributed by atoms with Crippen LogP contribution < -0.4 is 10.6 Å². The molecular formula is C14H17N5O.